The molecule has 0 unspecified atom stereocenters. The van der Waals surface area contributed by atoms with Gasteiger partial charge in [0.25, 0.3) is 0 Å². The van der Waals surface area contributed by atoms with E-state index in [4.69, 9.17) is 13.9 Å². The van der Waals surface area contributed by atoms with Gasteiger partial charge in [0.15, 0.2) is 17.8 Å². The van der Waals surface area contributed by atoms with Crippen molar-refractivity contribution in [2.24, 2.45) is 0 Å². The Kier molecular flexibility index (Phi) is 3.79. The summed E-state index contributed by atoms with van der Waals surface area (Å²) >= 11 is 0. The van der Waals surface area contributed by atoms with Crippen LogP contribution in [0.1, 0.15) is 17.4 Å². The first kappa shape index (κ1) is 13.1. The molecule has 0 bridgehead atoms. The molecule has 0 atom stereocenters. The maximum atomic E-state index is 13.9. The third kappa shape index (κ3) is 2.42. The maximum absolute atomic E-state index is 13.9. The van der Waals surface area contributed by atoms with Crippen LogP contribution in [0.2, 0.25) is 0 Å². The van der Waals surface area contributed by atoms with Crippen molar-refractivity contribution >= 4 is 5.97 Å². The van der Waals surface area contributed by atoms with Gasteiger partial charge in [0.1, 0.15) is 11.6 Å². The van der Waals surface area contributed by atoms with E-state index in [2.05, 4.69) is 4.98 Å². The Morgan fingerprint density at radius 2 is 2.26 bits per heavy atom. The van der Waals surface area contributed by atoms with Gasteiger partial charge in [-0.1, -0.05) is 6.07 Å². The van der Waals surface area contributed by atoms with Crippen LogP contribution in [0.4, 0.5) is 4.39 Å². The molecule has 0 aliphatic carbocycles. The third-order valence-corrected chi connectivity index (χ3v) is 2.46. The van der Waals surface area contributed by atoms with Crippen LogP contribution in [0.15, 0.2) is 29.0 Å². The predicted octanol–water partition coefficient (Wildman–Crippen LogP) is 2.67. The van der Waals surface area contributed by atoms with Gasteiger partial charge in [0.05, 0.1) is 19.3 Å². The normalized spacial score (nSPS) is 10.3. The first-order valence-electron chi connectivity index (χ1n) is 5.62. The minimum Gasteiger partial charge on any atom is -0.496 e. The number of hydrogen-bond donors (Lipinski definition) is 0. The molecule has 19 heavy (non-hydrogen) atoms. The zero-order chi connectivity index (χ0) is 13.8. The number of halogens is 1. The number of carbonyl (C=O) groups excluding carboxylic acids is 1. The van der Waals surface area contributed by atoms with Crippen LogP contribution in [0.5, 0.6) is 5.75 Å². The van der Waals surface area contributed by atoms with Crippen LogP contribution in [-0.4, -0.2) is 24.7 Å². The van der Waals surface area contributed by atoms with Crippen LogP contribution in [0, 0.1) is 5.82 Å². The maximum Gasteiger partial charge on any atom is 0.360 e. The molecule has 0 N–H and O–H groups in total. The Morgan fingerprint density at radius 1 is 1.47 bits per heavy atom. The highest BCUT2D eigenvalue weighted by Gasteiger charge is 2.24. The fourth-order valence-corrected chi connectivity index (χ4v) is 1.66. The summed E-state index contributed by atoms with van der Waals surface area (Å²) in [6.45, 7) is 1.86. The van der Waals surface area contributed by atoms with Gasteiger partial charge >= 0.3 is 5.97 Å². The standard InChI is InChI=1S/C13H12FNO4/c1-3-18-13(16)11-12(19-7-15-11)10-8(14)5-4-6-9(10)17-2/h4-7H,3H2,1-2H3. The van der Waals surface area contributed by atoms with Gasteiger partial charge in [-0.2, -0.15) is 0 Å². The zero-order valence-corrected chi connectivity index (χ0v) is 10.5. The summed E-state index contributed by atoms with van der Waals surface area (Å²) in [6.07, 6.45) is 1.06. The monoisotopic (exact) mass is 265 g/mol. The lowest BCUT2D eigenvalue weighted by Crippen LogP contribution is -2.07. The number of nitrogens with zero attached hydrogens (tertiary/aromatic N) is 1. The molecular weight excluding hydrogens is 253 g/mol. The second-order valence-corrected chi connectivity index (χ2v) is 3.57. The van der Waals surface area contributed by atoms with Gasteiger partial charge in [0, 0.05) is 0 Å². The average molecular weight is 265 g/mol. The second-order valence-electron chi connectivity index (χ2n) is 3.57. The molecule has 0 amide bonds. The highest BCUT2D eigenvalue weighted by Crippen LogP contribution is 2.34. The molecule has 1 heterocycles. The summed E-state index contributed by atoms with van der Waals surface area (Å²) in [7, 11) is 1.40. The molecule has 0 aliphatic rings. The van der Waals surface area contributed by atoms with Crippen molar-refractivity contribution in [1.82, 2.24) is 4.98 Å². The van der Waals surface area contributed by atoms with Crippen LogP contribution >= 0.6 is 0 Å². The Balaban J connectivity index is 2.54. The van der Waals surface area contributed by atoms with Gasteiger partial charge in [-0.3, -0.25) is 0 Å². The summed E-state index contributed by atoms with van der Waals surface area (Å²) < 4.78 is 28.9. The van der Waals surface area contributed by atoms with Gasteiger partial charge in [-0.25, -0.2) is 14.2 Å². The zero-order valence-electron chi connectivity index (χ0n) is 10.5. The van der Waals surface area contributed by atoms with Crippen LogP contribution in [0.25, 0.3) is 11.3 Å². The number of aromatic nitrogens is 1. The van der Waals surface area contributed by atoms with E-state index in [1.54, 1.807) is 13.0 Å². The van der Waals surface area contributed by atoms with E-state index in [1.165, 1.54) is 19.2 Å². The van der Waals surface area contributed by atoms with Crippen molar-refractivity contribution in [3.05, 3.63) is 36.1 Å². The molecule has 2 rings (SSSR count). The first-order valence-corrected chi connectivity index (χ1v) is 5.62. The first-order chi connectivity index (χ1) is 9.19. The van der Waals surface area contributed by atoms with E-state index >= 15 is 0 Å². The Morgan fingerprint density at radius 3 is 2.95 bits per heavy atom. The van der Waals surface area contributed by atoms with Crippen molar-refractivity contribution in [2.75, 3.05) is 13.7 Å². The number of ether oxygens (including phenoxy) is 2. The Hall–Kier alpha value is -2.37. The molecule has 0 saturated carbocycles. The topological polar surface area (TPSA) is 61.6 Å². The second kappa shape index (κ2) is 5.51. The smallest absolute Gasteiger partial charge is 0.360 e. The van der Waals surface area contributed by atoms with E-state index in [1.807, 2.05) is 0 Å². The van der Waals surface area contributed by atoms with Crippen molar-refractivity contribution in [1.29, 1.82) is 0 Å². The molecular formula is C13H12FNO4. The van der Waals surface area contributed by atoms with Crippen molar-refractivity contribution < 1.29 is 23.1 Å². The fraction of sp³-hybridized carbons (Fsp3) is 0.231. The summed E-state index contributed by atoms with van der Waals surface area (Å²) in [5.41, 5.74) is -0.0317. The molecule has 0 spiro atoms. The van der Waals surface area contributed by atoms with Crippen molar-refractivity contribution in [2.45, 2.75) is 6.92 Å². The van der Waals surface area contributed by atoms with E-state index in [9.17, 15) is 9.18 Å². The minimum absolute atomic E-state index is 0.00611. The van der Waals surface area contributed by atoms with E-state index < -0.39 is 11.8 Å². The summed E-state index contributed by atoms with van der Waals surface area (Å²) in [4.78, 5) is 15.5. The summed E-state index contributed by atoms with van der Waals surface area (Å²) in [6, 6.07) is 4.31. The van der Waals surface area contributed by atoms with E-state index in [0.717, 1.165) is 6.39 Å². The lowest BCUT2D eigenvalue weighted by atomic mass is 10.1. The quantitative estimate of drug-likeness (QED) is 0.795. The average Bonchev–Trinajstić information content (AvgIpc) is 2.87. The minimum atomic E-state index is -0.670. The number of benzene rings is 1. The van der Waals surface area contributed by atoms with Crippen LogP contribution in [-0.2, 0) is 4.74 Å². The van der Waals surface area contributed by atoms with E-state index in [-0.39, 0.29) is 29.4 Å². The number of carbonyl (C=O) groups is 1. The van der Waals surface area contributed by atoms with Gasteiger partial charge in [-0.05, 0) is 19.1 Å². The SMILES string of the molecule is CCOC(=O)c1ncoc1-c1c(F)cccc1OC. The number of oxazole rings is 1. The largest absolute Gasteiger partial charge is 0.496 e. The van der Waals surface area contributed by atoms with Crippen molar-refractivity contribution in [3.8, 4) is 17.1 Å². The Bertz CT molecular complexity index is 594. The van der Waals surface area contributed by atoms with Crippen molar-refractivity contribution in [3.63, 3.8) is 0 Å². The Labute approximate surface area is 109 Å². The fourth-order valence-electron chi connectivity index (χ4n) is 1.66. The van der Waals surface area contributed by atoms with E-state index in [0.29, 0.717) is 0 Å². The number of esters is 1. The molecule has 0 saturated heterocycles. The molecule has 100 valence electrons. The molecule has 1 aromatic carbocycles. The van der Waals surface area contributed by atoms with Gasteiger partial charge in [-0.15, -0.1) is 0 Å². The number of rotatable bonds is 4. The number of hydrogen-bond acceptors (Lipinski definition) is 5. The summed E-state index contributed by atoms with van der Waals surface area (Å²) in [5.74, 6) is -0.992. The summed E-state index contributed by atoms with van der Waals surface area (Å²) in [5, 5.41) is 0. The lowest BCUT2D eigenvalue weighted by molar-refractivity contribution is 0.0520. The van der Waals surface area contributed by atoms with Gasteiger partial charge in [0.2, 0.25) is 0 Å². The number of methoxy groups -OCH3 is 1. The molecule has 0 radical (unpaired) electrons. The molecule has 1 aromatic heterocycles. The molecule has 2 aromatic rings. The highest BCUT2D eigenvalue weighted by atomic mass is 19.1. The highest BCUT2D eigenvalue weighted by molar-refractivity contribution is 5.94. The molecule has 0 fully saturated rings. The third-order valence-electron chi connectivity index (χ3n) is 2.46. The van der Waals surface area contributed by atoms with Crippen LogP contribution < -0.4 is 4.74 Å². The molecule has 5 nitrogen and oxygen atoms in total. The molecule has 6 heteroatoms. The predicted molar refractivity (Wildman–Crippen MR) is 64.4 cm³/mol. The van der Waals surface area contributed by atoms with Gasteiger partial charge < -0.3 is 13.9 Å². The lowest BCUT2D eigenvalue weighted by Gasteiger charge is -2.08. The molecule has 0 aliphatic heterocycles. The van der Waals surface area contributed by atoms with Crippen LogP contribution in [0.3, 0.4) is 0 Å².